The van der Waals surface area contributed by atoms with Crippen molar-refractivity contribution in [2.24, 2.45) is 0 Å². The van der Waals surface area contributed by atoms with Gasteiger partial charge >= 0.3 is 0 Å². The first kappa shape index (κ1) is 23.6. The molecule has 1 aliphatic rings. The molecule has 0 atom stereocenters. The fourth-order valence-corrected chi connectivity index (χ4v) is 5.05. The summed E-state index contributed by atoms with van der Waals surface area (Å²) in [6, 6.07) is 19.7. The summed E-state index contributed by atoms with van der Waals surface area (Å²) in [4.78, 5) is 17.4. The fourth-order valence-electron chi connectivity index (χ4n) is 3.93. The molecule has 178 valence electrons. The molecule has 1 aliphatic heterocycles. The minimum absolute atomic E-state index is 0.106. The van der Waals surface area contributed by atoms with Crippen molar-refractivity contribution in [3.05, 3.63) is 83.4 Å². The number of nitrogens with one attached hydrogen (secondary N) is 1. The molecule has 1 amide bonds. The van der Waals surface area contributed by atoms with Gasteiger partial charge in [0.2, 0.25) is 0 Å². The minimum atomic E-state index is -3.75. The standard InChI is InChI=1S/C26H29N3O4S/c1-19-4-12-24(13-5-19)34(31,32)27-25-18-21(7-6-20(25)2)26(30)29-16-14-28(15-17-29)22-8-10-23(33-3)11-9-22/h4-13,18,27H,14-17H2,1-3H3. The Morgan fingerprint density at radius 1 is 0.882 bits per heavy atom. The molecule has 1 fully saturated rings. The zero-order chi connectivity index (χ0) is 24.3. The van der Waals surface area contributed by atoms with E-state index in [1.165, 1.54) is 0 Å². The van der Waals surface area contributed by atoms with Crippen LogP contribution in [-0.2, 0) is 10.0 Å². The number of anilines is 2. The largest absolute Gasteiger partial charge is 0.497 e. The molecule has 0 saturated carbocycles. The van der Waals surface area contributed by atoms with Gasteiger partial charge in [-0.2, -0.15) is 0 Å². The molecule has 0 aliphatic carbocycles. The smallest absolute Gasteiger partial charge is 0.261 e. The number of hydrogen-bond donors (Lipinski definition) is 1. The number of nitrogens with zero attached hydrogens (tertiary/aromatic N) is 2. The number of aryl methyl sites for hydroxylation is 2. The van der Waals surface area contributed by atoms with Crippen LogP contribution in [0.1, 0.15) is 21.5 Å². The van der Waals surface area contributed by atoms with Crippen LogP contribution in [0.3, 0.4) is 0 Å². The van der Waals surface area contributed by atoms with Gasteiger partial charge in [-0.25, -0.2) is 8.42 Å². The number of carbonyl (C=O) groups is 1. The molecule has 0 bridgehead atoms. The molecule has 7 nitrogen and oxygen atoms in total. The second-order valence-electron chi connectivity index (χ2n) is 8.43. The molecule has 3 aromatic carbocycles. The maximum atomic E-state index is 13.2. The summed E-state index contributed by atoms with van der Waals surface area (Å²) in [7, 11) is -2.11. The predicted octanol–water partition coefficient (Wildman–Crippen LogP) is 4.08. The van der Waals surface area contributed by atoms with Crippen LogP contribution in [0.2, 0.25) is 0 Å². The lowest BCUT2D eigenvalue weighted by molar-refractivity contribution is 0.0747. The lowest BCUT2D eigenvalue weighted by Crippen LogP contribution is -2.48. The maximum absolute atomic E-state index is 13.2. The average Bonchev–Trinajstić information content (AvgIpc) is 2.85. The highest BCUT2D eigenvalue weighted by Gasteiger charge is 2.23. The molecule has 0 radical (unpaired) electrons. The van der Waals surface area contributed by atoms with Gasteiger partial charge in [-0.15, -0.1) is 0 Å². The van der Waals surface area contributed by atoms with Crippen molar-refractivity contribution in [2.75, 3.05) is 42.9 Å². The number of piperazine rings is 1. The third-order valence-corrected chi connectivity index (χ3v) is 7.45. The summed E-state index contributed by atoms with van der Waals surface area (Å²) < 4.78 is 33.5. The molecule has 1 saturated heterocycles. The van der Waals surface area contributed by atoms with E-state index in [4.69, 9.17) is 4.74 Å². The minimum Gasteiger partial charge on any atom is -0.497 e. The Bertz CT molecular complexity index is 1260. The summed E-state index contributed by atoms with van der Waals surface area (Å²) in [5, 5.41) is 0. The van der Waals surface area contributed by atoms with Crippen LogP contribution in [-0.4, -0.2) is 52.5 Å². The number of amides is 1. The quantitative estimate of drug-likeness (QED) is 0.577. The number of carbonyl (C=O) groups excluding carboxylic acids is 1. The lowest BCUT2D eigenvalue weighted by Gasteiger charge is -2.36. The molecule has 0 unspecified atom stereocenters. The number of methoxy groups -OCH3 is 1. The Morgan fingerprint density at radius 3 is 2.15 bits per heavy atom. The first-order valence-corrected chi connectivity index (χ1v) is 12.6. The van der Waals surface area contributed by atoms with E-state index in [1.54, 1.807) is 49.6 Å². The molecule has 8 heteroatoms. The van der Waals surface area contributed by atoms with Crippen molar-refractivity contribution in [1.82, 2.24) is 4.90 Å². The maximum Gasteiger partial charge on any atom is 0.261 e. The van der Waals surface area contributed by atoms with Crippen molar-refractivity contribution in [3.8, 4) is 5.75 Å². The van der Waals surface area contributed by atoms with Crippen LogP contribution in [0.15, 0.2) is 71.6 Å². The van der Waals surface area contributed by atoms with Crippen molar-refractivity contribution in [2.45, 2.75) is 18.7 Å². The third kappa shape index (κ3) is 5.17. The number of ether oxygens (including phenoxy) is 1. The normalized spacial score (nSPS) is 14.1. The highest BCUT2D eigenvalue weighted by Crippen LogP contribution is 2.24. The van der Waals surface area contributed by atoms with Gasteiger partial charge < -0.3 is 14.5 Å². The second-order valence-corrected chi connectivity index (χ2v) is 10.1. The highest BCUT2D eigenvalue weighted by atomic mass is 32.2. The SMILES string of the molecule is COc1ccc(N2CCN(C(=O)c3ccc(C)c(NS(=O)(=O)c4ccc(C)cc4)c3)CC2)cc1. The summed E-state index contributed by atoms with van der Waals surface area (Å²) in [6.45, 7) is 6.33. The predicted molar refractivity (Wildman–Crippen MR) is 134 cm³/mol. The van der Waals surface area contributed by atoms with Crippen LogP contribution in [0.5, 0.6) is 5.75 Å². The zero-order valence-corrected chi connectivity index (χ0v) is 20.4. The number of hydrogen-bond acceptors (Lipinski definition) is 5. The third-order valence-electron chi connectivity index (χ3n) is 6.06. The first-order valence-electron chi connectivity index (χ1n) is 11.2. The molecule has 3 aromatic rings. The van der Waals surface area contributed by atoms with Gasteiger partial charge in [0.25, 0.3) is 15.9 Å². The number of benzene rings is 3. The molecule has 1 N–H and O–H groups in total. The van der Waals surface area contributed by atoms with Gasteiger partial charge in [0.05, 0.1) is 17.7 Å². The fraction of sp³-hybridized carbons (Fsp3) is 0.269. The van der Waals surface area contributed by atoms with Crippen LogP contribution >= 0.6 is 0 Å². The van der Waals surface area contributed by atoms with E-state index in [0.717, 1.165) is 35.7 Å². The Morgan fingerprint density at radius 2 is 1.53 bits per heavy atom. The van der Waals surface area contributed by atoms with Gasteiger partial charge in [-0.3, -0.25) is 9.52 Å². The Hall–Kier alpha value is -3.52. The van der Waals surface area contributed by atoms with E-state index in [0.29, 0.717) is 24.3 Å². The summed E-state index contributed by atoms with van der Waals surface area (Å²) in [6.07, 6.45) is 0. The molecule has 0 aromatic heterocycles. The van der Waals surface area contributed by atoms with Crippen LogP contribution in [0.4, 0.5) is 11.4 Å². The van der Waals surface area contributed by atoms with Crippen molar-refractivity contribution in [1.29, 1.82) is 0 Å². The Kier molecular flexibility index (Phi) is 6.79. The molecular weight excluding hydrogens is 450 g/mol. The van der Waals surface area contributed by atoms with E-state index in [9.17, 15) is 13.2 Å². The van der Waals surface area contributed by atoms with E-state index < -0.39 is 10.0 Å². The lowest BCUT2D eigenvalue weighted by atomic mass is 10.1. The van der Waals surface area contributed by atoms with Crippen molar-refractivity contribution >= 4 is 27.3 Å². The number of sulfonamides is 1. The second kappa shape index (κ2) is 9.77. The highest BCUT2D eigenvalue weighted by molar-refractivity contribution is 7.92. The summed E-state index contributed by atoms with van der Waals surface area (Å²) >= 11 is 0. The zero-order valence-electron chi connectivity index (χ0n) is 19.6. The van der Waals surface area contributed by atoms with Crippen LogP contribution < -0.4 is 14.4 Å². The Balaban J connectivity index is 1.45. The molecule has 4 rings (SSSR count). The van der Waals surface area contributed by atoms with Gasteiger partial charge in [0.1, 0.15) is 5.75 Å². The van der Waals surface area contributed by atoms with Gasteiger partial charge in [0.15, 0.2) is 0 Å². The topological polar surface area (TPSA) is 79.0 Å². The van der Waals surface area contributed by atoms with Crippen molar-refractivity contribution < 1.29 is 17.9 Å². The average molecular weight is 480 g/mol. The molecule has 34 heavy (non-hydrogen) atoms. The van der Waals surface area contributed by atoms with Gasteiger partial charge in [-0.1, -0.05) is 23.8 Å². The molecular formula is C26H29N3O4S. The molecule has 1 heterocycles. The van der Waals surface area contributed by atoms with E-state index >= 15 is 0 Å². The summed E-state index contributed by atoms with van der Waals surface area (Å²) in [5.74, 6) is 0.705. The van der Waals surface area contributed by atoms with E-state index in [-0.39, 0.29) is 10.8 Å². The monoisotopic (exact) mass is 479 g/mol. The number of rotatable bonds is 6. The van der Waals surface area contributed by atoms with Gasteiger partial charge in [0, 0.05) is 37.4 Å². The van der Waals surface area contributed by atoms with Gasteiger partial charge in [-0.05, 0) is 67.9 Å². The van der Waals surface area contributed by atoms with Crippen LogP contribution in [0, 0.1) is 13.8 Å². The first-order chi connectivity index (χ1) is 16.3. The van der Waals surface area contributed by atoms with Crippen LogP contribution in [0.25, 0.3) is 0 Å². The Labute approximate surface area is 201 Å². The van der Waals surface area contributed by atoms with E-state index in [1.807, 2.05) is 43.0 Å². The van der Waals surface area contributed by atoms with E-state index in [2.05, 4.69) is 9.62 Å². The molecule has 0 spiro atoms. The van der Waals surface area contributed by atoms with Crippen molar-refractivity contribution in [3.63, 3.8) is 0 Å². The summed E-state index contributed by atoms with van der Waals surface area (Å²) in [5.41, 5.74) is 3.69.